The fourth-order valence-corrected chi connectivity index (χ4v) is 2.10. The van der Waals surface area contributed by atoms with Crippen LogP contribution in [0, 0.1) is 6.92 Å². The van der Waals surface area contributed by atoms with Gasteiger partial charge in [0.15, 0.2) is 11.8 Å². The van der Waals surface area contributed by atoms with E-state index in [-0.39, 0.29) is 24.0 Å². The molecular formula is C15H19F3IN5O. The molecule has 6 nitrogen and oxygen atoms in total. The van der Waals surface area contributed by atoms with Gasteiger partial charge in [-0.2, -0.15) is 18.2 Å². The highest BCUT2D eigenvalue weighted by Gasteiger charge is 2.29. The van der Waals surface area contributed by atoms with Crippen LogP contribution >= 0.6 is 24.0 Å². The van der Waals surface area contributed by atoms with Gasteiger partial charge in [0.2, 0.25) is 5.89 Å². The topological polar surface area (TPSA) is 66.5 Å². The van der Waals surface area contributed by atoms with Crippen LogP contribution < -0.4 is 5.32 Å². The SMILES string of the molecule is CN=C(NCc1noc(C)n1)N(C)Cc1ccc(C(F)(F)F)cc1.I. The summed E-state index contributed by atoms with van der Waals surface area (Å²) in [5.74, 6) is 1.54. The third-order valence-electron chi connectivity index (χ3n) is 3.25. The Morgan fingerprint density at radius 3 is 2.40 bits per heavy atom. The number of halogens is 4. The smallest absolute Gasteiger partial charge is 0.349 e. The number of aromatic nitrogens is 2. The predicted molar refractivity (Wildman–Crippen MR) is 97.6 cm³/mol. The van der Waals surface area contributed by atoms with Crippen LogP contribution in [0.3, 0.4) is 0 Å². The van der Waals surface area contributed by atoms with Gasteiger partial charge in [0.25, 0.3) is 0 Å². The zero-order valence-corrected chi connectivity index (χ0v) is 16.3. The van der Waals surface area contributed by atoms with Crippen molar-refractivity contribution in [1.82, 2.24) is 20.4 Å². The van der Waals surface area contributed by atoms with Crippen molar-refractivity contribution in [2.75, 3.05) is 14.1 Å². The molecule has 0 unspecified atom stereocenters. The van der Waals surface area contributed by atoms with Crippen LogP contribution in [0.25, 0.3) is 0 Å². The zero-order chi connectivity index (χ0) is 17.7. The molecule has 0 aliphatic rings. The number of hydrogen-bond donors (Lipinski definition) is 1. The molecule has 0 radical (unpaired) electrons. The minimum Gasteiger partial charge on any atom is -0.349 e. The average Bonchev–Trinajstić information content (AvgIpc) is 2.93. The Balaban J connectivity index is 0.00000312. The largest absolute Gasteiger partial charge is 0.416 e. The molecule has 1 heterocycles. The molecule has 1 aromatic carbocycles. The number of guanidine groups is 1. The van der Waals surface area contributed by atoms with Gasteiger partial charge in [0.05, 0.1) is 12.1 Å². The standard InChI is InChI=1S/C15H18F3N5O.HI/c1-10-21-13(22-24-10)8-20-14(19-2)23(3)9-11-4-6-12(7-5-11)15(16,17)18;/h4-7H,8-9H2,1-3H3,(H,19,20);1H. The van der Waals surface area contributed by atoms with E-state index in [9.17, 15) is 13.2 Å². The fourth-order valence-electron chi connectivity index (χ4n) is 2.10. The number of nitrogens with zero attached hydrogens (tertiary/aromatic N) is 4. The van der Waals surface area contributed by atoms with Crippen molar-refractivity contribution in [3.8, 4) is 0 Å². The molecule has 1 aromatic heterocycles. The second-order valence-electron chi connectivity index (χ2n) is 5.18. The van der Waals surface area contributed by atoms with Gasteiger partial charge in [-0.25, -0.2) is 0 Å². The summed E-state index contributed by atoms with van der Waals surface area (Å²) in [4.78, 5) is 9.99. The van der Waals surface area contributed by atoms with E-state index in [0.717, 1.165) is 17.7 Å². The molecule has 0 atom stereocenters. The summed E-state index contributed by atoms with van der Waals surface area (Å²) in [5.41, 5.74) is 0.0766. The van der Waals surface area contributed by atoms with Crippen molar-refractivity contribution >= 4 is 29.9 Å². The Labute approximate surface area is 160 Å². The molecule has 10 heteroatoms. The summed E-state index contributed by atoms with van der Waals surface area (Å²) in [6.07, 6.45) is -4.33. The second kappa shape index (κ2) is 9.02. The van der Waals surface area contributed by atoms with Crippen molar-refractivity contribution in [2.45, 2.75) is 26.2 Å². The number of nitrogens with one attached hydrogen (secondary N) is 1. The van der Waals surface area contributed by atoms with Gasteiger partial charge in [0, 0.05) is 27.6 Å². The highest BCUT2D eigenvalue weighted by molar-refractivity contribution is 14.0. The Morgan fingerprint density at radius 1 is 1.28 bits per heavy atom. The molecule has 0 aliphatic carbocycles. The summed E-state index contributed by atoms with van der Waals surface area (Å²) in [6.45, 7) is 2.44. The number of alkyl halides is 3. The molecule has 138 valence electrons. The van der Waals surface area contributed by atoms with Gasteiger partial charge in [-0.15, -0.1) is 24.0 Å². The summed E-state index contributed by atoms with van der Waals surface area (Å²) in [7, 11) is 3.40. The van der Waals surface area contributed by atoms with Crippen molar-refractivity contribution in [2.24, 2.45) is 4.99 Å². The first-order valence-electron chi connectivity index (χ1n) is 7.16. The van der Waals surface area contributed by atoms with Crippen LogP contribution in [0.1, 0.15) is 22.8 Å². The third kappa shape index (κ3) is 6.18. The molecular weight excluding hydrogens is 450 g/mol. The van der Waals surface area contributed by atoms with E-state index in [1.54, 1.807) is 25.9 Å². The van der Waals surface area contributed by atoms with Gasteiger partial charge in [-0.3, -0.25) is 4.99 Å². The maximum atomic E-state index is 12.6. The summed E-state index contributed by atoms with van der Waals surface area (Å²) in [5, 5.41) is 6.83. The number of aryl methyl sites for hydroxylation is 1. The Hall–Kier alpha value is -1.85. The van der Waals surface area contributed by atoms with E-state index in [0.29, 0.717) is 30.8 Å². The maximum absolute atomic E-state index is 12.6. The first-order valence-corrected chi connectivity index (χ1v) is 7.16. The number of hydrogen-bond acceptors (Lipinski definition) is 4. The molecule has 1 N–H and O–H groups in total. The van der Waals surface area contributed by atoms with Crippen LogP contribution in [0.2, 0.25) is 0 Å². The number of benzene rings is 1. The first-order chi connectivity index (χ1) is 11.3. The third-order valence-corrected chi connectivity index (χ3v) is 3.25. The molecule has 0 spiro atoms. The number of rotatable bonds is 4. The van der Waals surface area contributed by atoms with Crippen LogP contribution in [0.5, 0.6) is 0 Å². The summed E-state index contributed by atoms with van der Waals surface area (Å²) >= 11 is 0. The molecule has 0 amide bonds. The van der Waals surface area contributed by atoms with Crippen LogP contribution in [-0.2, 0) is 19.3 Å². The monoisotopic (exact) mass is 469 g/mol. The Kier molecular flexibility index (Phi) is 7.64. The maximum Gasteiger partial charge on any atom is 0.416 e. The predicted octanol–water partition coefficient (Wildman–Crippen LogP) is 3.22. The zero-order valence-electron chi connectivity index (χ0n) is 14.0. The molecule has 2 aromatic rings. The van der Waals surface area contributed by atoms with Crippen LogP contribution in [-0.4, -0.2) is 35.1 Å². The molecule has 2 rings (SSSR count). The highest BCUT2D eigenvalue weighted by atomic mass is 127. The van der Waals surface area contributed by atoms with Crippen LogP contribution in [0.15, 0.2) is 33.8 Å². The van der Waals surface area contributed by atoms with Crippen molar-refractivity contribution in [1.29, 1.82) is 0 Å². The van der Waals surface area contributed by atoms with Gasteiger partial charge < -0.3 is 14.7 Å². The first kappa shape index (κ1) is 21.2. The van der Waals surface area contributed by atoms with E-state index in [4.69, 9.17) is 4.52 Å². The van der Waals surface area contributed by atoms with Crippen molar-refractivity contribution < 1.29 is 17.7 Å². The lowest BCUT2D eigenvalue weighted by Crippen LogP contribution is -2.38. The van der Waals surface area contributed by atoms with E-state index in [2.05, 4.69) is 20.4 Å². The lowest BCUT2D eigenvalue weighted by Gasteiger charge is -2.21. The van der Waals surface area contributed by atoms with Gasteiger partial charge in [-0.1, -0.05) is 17.3 Å². The molecule has 0 fully saturated rings. The molecule has 0 aliphatic heterocycles. The number of aliphatic imine (C=N–C) groups is 1. The normalized spacial score (nSPS) is 11.8. The molecule has 0 saturated heterocycles. The average molecular weight is 469 g/mol. The minimum absolute atomic E-state index is 0. The molecule has 25 heavy (non-hydrogen) atoms. The summed E-state index contributed by atoms with van der Waals surface area (Å²) in [6, 6.07) is 5.05. The van der Waals surface area contributed by atoms with Crippen molar-refractivity contribution in [3.05, 3.63) is 47.1 Å². The van der Waals surface area contributed by atoms with Gasteiger partial charge >= 0.3 is 6.18 Å². The van der Waals surface area contributed by atoms with Gasteiger partial charge in [-0.05, 0) is 17.7 Å². The fraction of sp³-hybridized carbons (Fsp3) is 0.400. The van der Waals surface area contributed by atoms with Crippen LogP contribution in [0.4, 0.5) is 13.2 Å². The lowest BCUT2D eigenvalue weighted by atomic mass is 10.1. The minimum atomic E-state index is -4.33. The molecule has 0 bridgehead atoms. The highest BCUT2D eigenvalue weighted by Crippen LogP contribution is 2.29. The van der Waals surface area contributed by atoms with E-state index in [1.165, 1.54) is 12.1 Å². The van der Waals surface area contributed by atoms with Gasteiger partial charge in [0.1, 0.15) is 0 Å². The second-order valence-corrected chi connectivity index (χ2v) is 5.18. The van der Waals surface area contributed by atoms with E-state index in [1.807, 2.05) is 0 Å². The Bertz CT molecular complexity index is 700. The lowest BCUT2D eigenvalue weighted by molar-refractivity contribution is -0.137. The van der Waals surface area contributed by atoms with Crippen molar-refractivity contribution in [3.63, 3.8) is 0 Å². The Morgan fingerprint density at radius 2 is 1.92 bits per heavy atom. The van der Waals surface area contributed by atoms with E-state index >= 15 is 0 Å². The summed E-state index contributed by atoms with van der Waals surface area (Å²) < 4.78 is 42.6. The molecule has 0 saturated carbocycles. The quantitative estimate of drug-likeness (QED) is 0.424. The van der Waals surface area contributed by atoms with E-state index < -0.39 is 11.7 Å².